The topological polar surface area (TPSA) is 59.8 Å². The lowest BCUT2D eigenvalue weighted by Gasteiger charge is -2.50. The molecule has 0 amide bonds. The smallest absolute Gasteiger partial charge is 0.118 e. The number of hydrogen-bond donors (Lipinski definition) is 0. The number of nitrogens with zero attached hydrogens (tertiary/aromatic N) is 4. The summed E-state index contributed by atoms with van der Waals surface area (Å²) in [4.78, 5) is 5.16. The Hall–Kier alpha value is -3.29. The van der Waals surface area contributed by atoms with Crippen LogP contribution in [0.4, 0.5) is 0 Å². The van der Waals surface area contributed by atoms with Crippen molar-refractivity contribution in [3.05, 3.63) is 84.3 Å². The lowest BCUT2D eigenvalue weighted by molar-refractivity contribution is 0.00571. The van der Waals surface area contributed by atoms with E-state index in [1.165, 1.54) is 25.1 Å². The molecule has 0 radical (unpaired) electrons. The number of methoxy groups -OCH3 is 1. The van der Waals surface area contributed by atoms with Gasteiger partial charge in [-0.25, -0.2) is 0 Å². The van der Waals surface area contributed by atoms with Crippen molar-refractivity contribution in [1.82, 2.24) is 19.6 Å². The number of aryl methyl sites for hydroxylation is 1. The molecule has 2 bridgehead atoms. The SMILES string of the molecule is COc1ccc(-c2cc([C@@H]3CN4CC[C@H]3C[C@@H]4CN(Cc3ccco3)Cc3ccco3)n(C)n2)cc1. The summed E-state index contributed by atoms with van der Waals surface area (Å²) < 4.78 is 18.8. The van der Waals surface area contributed by atoms with Crippen LogP contribution in [0.1, 0.15) is 36.0 Å². The van der Waals surface area contributed by atoms with Crippen molar-refractivity contribution in [3.63, 3.8) is 0 Å². The summed E-state index contributed by atoms with van der Waals surface area (Å²) in [5.74, 6) is 4.05. The average molecular weight is 487 g/mol. The fourth-order valence-electron chi connectivity index (χ4n) is 6.12. The van der Waals surface area contributed by atoms with Crippen LogP contribution in [-0.2, 0) is 20.1 Å². The second-order valence-corrected chi connectivity index (χ2v) is 10.2. The molecule has 3 aliphatic rings. The molecule has 3 fully saturated rings. The summed E-state index contributed by atoms with van der Waals surface area (Å²) >= 11 is 0. The minimum absolute atomic E-state index is 0.517. The quantitative estimate of drug-likeness (QED) is 0.326. The van der Waals surface area contributed by atoms with E-state index >= 15 is 0 Å². The van der Waals surface area contributed by atoms with Crippen molar-refractivity contribution in [3.8, 4) is 17.0 Å². The van der Waals surface area contributed by atoms with Crippen molar-refractivity contribution in [2.24, 2.45) is 13.0 Å². The van der Waals surface area contributed by atoms with Gasteiger partial charge >= 0.3 is 0 Å². The monoisotopic (exact) mass is 486 g/mol. The Morgan fingerprint density at radius 3 is 2.33 bits per heavy atom. The van der Waals surface area contributed by atoms with E-state index in [4.69, 9.17) is 18.7 Å². The van der Waals surface area contributed by atoms with Gasteiger partial charge in [0.05, 0.1) is 38.4 Å². The molecule has 0 saturated carbocycles. The average Bonchev–Trinajstić information content (AvgIpc) is 3.68. The molecule has 4 aromatic rings. The van der Waals surface area contributed by atoms with Crippen molar-refractivity contribution in [1.29, 1.82) is 0 Å². The van der Waals surface area contributed by atoms with Gasteiger partial charge < -0.3 is 13.6 Å². The number of aromatic nitrogens is 2. The molecule has 7 heteroatoms. The summed E-state index contributed by atoms with van der Waals surface area (Å²) in [5.41, 5.74) is 3.51. The zero-order chi connectivity index (χ0) is 24.5. The fraction of sp³-hybridized carbons (Fsp3) is 0.414. The lowest BCUT2D eigenvalue weighted by Crippen LogP contribution is -2.56. The first-order chi connectivity index (χ1) is 17.7. The van der Waals surface area contributed by atoms with Crippen LogP contribution >= 0.6 is 0 Å². The molecular formula is C29H34N4O3. The largest absolute Gasteiger partial charge is 0.497 e. The molecule has 0 N–H and O–H groups in total. The first-order valence-electron chi connectivity index (χ1n) is 12.9. The fourth-order valence-corrected chi connectivity index (χ4v) is 6.12. The van der Waals surface area contributed by atoms with E-state index in [2.05, 4.69) is 51.9 Å². The number of fused-ring (bicyclic) bond motifs is 3. The first-order valence-corrected chi connectivity index (χ1v) is 12.9. The van der Waals surface area contributed by atoms with Gasteiger partial charge in [-0.2, -0.15) is 5.10 Å². The second-order valence-electron chi connectivity index (χ2n) is 10.2. The molecule has 6 heterocycles. The van der Waals surface area contributed by atoms with Crippen LogP contribution in [0.15, 0.2) is 76.0 Å². The summed E-state index contributed by atoms with van der Waals surface area (Å²) in [7, 11) is 3.79. The zero-order valence-electron chi connectivity index (χ0n) is 21.0. The number of furan rings is 2. The van der Waals surface area contributed by atoms with Gasteiger partial charge in [0.1, 0.15) is 17.3 Å². The molecule has 1 unspecified atom stereocenters. The number of ether oxygens (including phenoxy) is 1. The summed E-state index contributed by atoms with van der Waals surface area (Å²) in [6, 6.07) is 19.1. The number of piperidine rings is 3. The van der Waals surface area contributed by atoms with Crippen LogP contribution in [0.25, 0.3) is 11.3 Å². The van der Waals surface area contributed by atoms with Gasteiger partial charge in [-0.3, -0.25) is 14.5 Å². The Balaban J connectivity index is 1.16. The van der Waals surface area contributed by atoms with Crippen LogP contribution < -0.4 is 4.74 Å². The molecule has 7 rings (SSSR count). The van der Waals surface area contributed by atoms with Crippen LogP contribution in [-0.4, -0.2) is 52.4 Å². The van der Waals surface area contributed by atoms with E-state index in [9.17, 15) is 0 Å². The molecule has 3 saturated heterocycles. The molecule has 4 atom stereocenters. The highest BCUT2D eigenvalue weighted by Gasteiger charge is 2.42. The van der Waals surface area contributed by atoms with Gasteiger partial charge in [-0.05, 0) is 79.9 Å². The highest BCUT2D eigenvalue weighted by Crippen LogP contribution is 2.43. The van der Waals surface area contributed by atoms with Crippen LogP contribution in [0.3, 0.4) is 0 Å². The zero-order valence-corrected chi connectivity index (χ0v) is 21.0. The Kier molecular flexibility index (Phi) is 6.42. The van der Waals surface area contributed by atoms with Gasteiger partial charge in [0.2, 0.25) is 0 Å². The molecule has 3 aliphatic heterocycles. The third kappa shape index (κ3) is 4.73. The molecule has 188 valence electrons. The van der Waals surface area contributed by atoms with E-state index in [0.29, 0.717) is 17.9 Å². The van der Waals surface area contributed by atoms with Gasteiger partial charge in [0.15, 0.2) is 0 Å². The Morgan fingerprint density at radius 2 is 1.75 bits per heavy atom. The molecule has 0 spiro atoms. The molecule has 7 nitrogen and oxygen atoms in total. The maximum atomic E-state index is 5.67. The first kappa shape index (κ1) is 23.1. The standard InChI is InChI=1S/C29H34N4O3/c1-31-29(16-28(30-31)21-7-9-24(34-2)10-8-21)27-20-33-12-11-22(27)15-23(33)17-32(18-25-5-3-13-35-25)19-26-6-4-14-36-26/h3-10,13-14,16,22-23,27H,11-12,15,17-20H2,1-2H3/t22-,23+,27+/m0/s1. The van der Waals surface area contributed by atoms with Crippen LogP contribution in [0, 0.1) is 5.92 Å². The van der Waals surface area contributed by atoms with E-state index in [-0.39, 0.29) is 0 Å². The molecule has 3 aromatic heterocycles. The second kappa shape index (κ2) is 9.99. The van der Waals surface area contributed by atoms with Crippen molar-refractivity contribution >= 4 is 0 Å². The number of rotatable bonds is 9. The predicted molar refractivity (Wildman–Crippen MR) is 138 cm³/mol. The van der Waals surface area contributed by atoms with E-state index in [1.54, 1.807) is 19.6 Å². The van der Waals surface area contributed by atoms with Crippen LogP contribution in [0.5, 0.6) is 5.75 Å². The van der Waals surface area contributed by atoms with Crippen molar-refractivity contribution in [2.45, 2.75) is 37.9 Å². The molecule has 36 heavy (non-hydrogen) atoms. The summed E-state index contributed by atoms with van der Waals surface area (Å²) in [6.45, 7) is 4.85. The highest BCUT2D eigenvalue weighted by atomic mass is 16.5. The van der Waals surface area contributed by atoms with Gasteiger partial charge in [-0.15, -0.1) is 0 Å². The molecule has 1 aromatic carbocycles. The summed E-state index contributed by atoms with van der Waals surface area (Å²) in [5, 5.41) is 4.87. The van der Waals surface area contributed by atoms with E-state index < -0.39 is 0 Å². The Bertz CT molecular complexity index is 1210. The van der Waals surface area contributed by atoms with Crippen molar-refractivity contribution in [2.75, 3.05) is 26.7 Å². The highest BCUT2D eigenvalue weighted by molar-refractivity contribution is 5.60. The maximum Gasteiger partial charge on any atom is 0.118 e. The van der Waals surface area contributed by atoms with Crippen LogP contribution in [0.2, 0.25) is 0 Å². The minimum Gasteiger partial charge on any atom is -0.497 e. The lowest BCUT2D eigenvalue weighted by atomic mass is 9.74. The van der Waals surface area contributed by atoms with Gasteiger partial charge in [0, 0.05) is 43.4 Å². The van der Waals surface area contributed by atoms with E-state index in [1.807, 2.05) is 24.3 Å². The third-order valence-corrected chi connectivity index (χ3v) is 7.95. The maximum absolute atomic E-state index is 5.67. The van der Waals surface area contributed by atoms with E-state index in [0.717, 1.165) is 54.7 Å². The van der Waals surface area contributed by atoms with Gasteiger partial charge in [0.25, 0.3) is 0 Å². The molecular weight excluding hydrogens is 452 g/mol. The Labute approximate surface area is 212 Å². The minimum atomic E-state index is 0.517. The predicted octanol–water partition coefficient (Wildman–Crippen LogP) is 5.16. The molecule has 0 aliphatic carbocycles. The summed E-state index contributed by atoms with van der Waals surface area (Å²) in [6.07, 6.45) is 5.97. The number of benzene rings is 1. The Morgan fingerprint density at radius 1 is 1.03 bits per heavy atom. The van der Waals surface area contributed by atoms with Gasteiger partial charge in [-0.1, -0.05) is 0 Å². The normalized spacial score (nSPS) is 23.4. The third-order valence-electron chi connectivity index (χ3n) is 7.95. The van der Waals surface area contributed by atoms with Crippen molar-refractivity contribution < 1.29 is 13.6 Å². The number of hydrogen-bond acceptors (Lipinski definition) is 6.